The van der Waals surface area contributed by atoms with E-state index in [4.69, 9.17) is 28.3 Å². The number of esters is 1. The van der Waals surface area contributed by atoms with Gasteiger partial charge >= 0.3 is 12.6 Å². The fourth-order valence-electron chi connectivity index (χ4n) is 7.69. The summed E-state index contributed by atoms with van der Waals surface area (Å²) in [4.78, 5) is 24.5. The molecule has 12 heteroatoms. The van der Waals surface area contributed by atoms with Crippen molar-refractivity contribution in [3.05, 3.63) is 88.5 Å². The summed E-state index contributed by atoms with van der Waals surface area (Å²) in [6.45, 7) is 6.48. The summed E-state index contributed by atoms with van der Waals surface area (Å²) in [5.41, 5.74) is 8.76. The van der Waals surface area contributed by atoms with E-state index in [0.29, 0.717) is 51.9 Å². The highest BCUT2D eigenvalue weighted by molar-refractivity contribution is 5.86. The molecule has 4 aromatic carbocycles. The van der Waals surface area contributed by atoms with Crippen molar-refractivity contribution in [2.24, 2.45) is 5.92 Å². The van der Waals surface area contributed by atoms with E-state index in [2.05, 4.69) is 23.2 Å². The van der Waals surface area contributed by atoms with Crippen molar-refractivity contribution in [2.75, 3.05) is 19.6 Å². The highest BCUT2D eigenvalue weighted by atomic mass is 19.3. The predicted molar refractivity (Wildman–Crippen MR) is 199 cm³/mol. The van der Waals surface area contributed by atoms with Gasteiger partial charge in [0.25, 0.3) is 0 Å². The van der Waals surface area contributed by atoms with E-state index >= 15 is 0 Å². The van der Waals surface area contributed by atoms with Crippen LogP contribution in [0.4, 0.5) is 8.78 Å². The summed E-state index contributed by atoms with van der Waals surface area (Å²) in [6.07, 6.45) is 2.70. The molecule has 4 heterocycles. The van der Waals surface area contributed by atoms with E-state index in [1.807, 2.05) is 62.4 Å². The number of rotatable bonds is 10. The van der Waals surface area contributed by atoms with Gasteiger partial charge in [-0.3, -0.25) is 9.69 Å². The molecule has 2 saturated heterocycles. The Kier molecular flexibility index (Phi) is 9.60. The number of nitriles is 1. The minimum Gasteiger partial charge on any atom is -0.460 e. The molecule has 1 N–H and O–H groups in total. The largest absolute Gasteiger partial charge is 0.460 e. The SMILES string of the molecule is Cc1c(-c2nc3cc(COC(=O)[C@H]4CCCN4)c(OC(F)F)cc3o2)cccc1-c1cccc(-c2nc3cc(CN4CCC(C)C4)cc(C#N)c3o2)c1C. The Balaban J connectivity index is 1.10. The molecule has 2 atom stereocenters. The van der Waals surface area contributed by atoms with Gasteiger partial charge in [0.15, 0.2) is 11.2 Å². The molecule has 0 spiro atoms. The Labute approximate surface area is 310 Å². The summed E-state index contributed by atoms with van der Waals surface area (Å²) in [5.74, 6) is 0.806. The van der Waals surface area contributed by atoms with Crippen LogP contribution in [0.1, 0.15) is 54.0 Å². The highest BCUT2D eigenvalue weighted by Gasteiger charge is 2.26. The van der Waals surface area contributed by atoms with Crippen LogP contribution in [0.25, 0.3) is 56.2 Å². The van der Waals surface area contributed by atoms with E-state index in [0.717, 1.165) is 66.0 Å². The van der Waals surface area contributed by atoms with Gasteiger partial charge in [0.2, 0.25) is 11.8 Å². The zero-order chi connectivity index (χ0) is 37.5. The lowest BCUT2D eigenvalue weighted by molar-refractivity contribution is -0.147. The van der Waals surface area contributed by atoms with Crippen molar-refractivity contribution in [3.63, 3.8) is 0 Å². The van der Waals surface area contributed by atoms with E-state index in [1.54, 1.807) is 6.07 Å². The number of carbonyl (C=O) groups is 1. The second kappa shape index (κ2) is 14.6. The van der Waals surface area contributed by atoms with E-state index in [1.165, 1.54) is 12.5 Å². The number of nitrogens with zero attached hydrogens (tertiary/aromatic N) is 4. The van der Waals surface area contributed by atoms with Gasteiger partial charge in [0, 0.05) is 35.8 Å². The van der Waals surface area contributed by atoms with Crippen molar-refractivity contribution < 1.29 is 31.9 Å². The lowest BCUT2D eigenvalue weighted by Gasteiger charge is -2.15. The Morgan fingerprint density at radius 3 is 2.33 bits per heavy atom. The Bertz CT molecular complexity index is 2430. The van der Waals surface area contributed by atoms with E-state index in [-0.39, 0.29) is 23.5 Å². The number of halogens is 2. The number of hydrogen-bond donors (Lipinski definition) is 1. The third kappa shape index (κ3) is 6.93. The number of alkyl halides is 2. The summed E-state index contributed by atoms with van der Waals surface area (Å²) >= 11 is 0. The van der Waals surface area contributed by atoms with Crippen LogP contribution < -0.4 is 10.1 Å². The van der Waals surface area contributed by atoms with Crippen molar-refractivity contribution in [1.82, 2.24) is 20.2 Å². The second-order valence-electron chi connectivity index (χ2n) is 14.3. The lowest BCUT2D eigenvalue weighted by atomic mass is 9.91. The third-order valence-electron chi connectivity index (χ3n) is 10.5. The maximum Gasteiger partial charge on any atom is 0.387 e. The normalized spacial score (nSPS) is 17.5. The summed E-state index contributed by atoms with van der Waals surface area (Å²) < 4.78 is 49.5. The molecule has 2 aliphatic rings. The molecule has 0 saturated carbocycles. The molecule has 0 amide bonds. The number of likely N-dealkylation sites (tertiary alicyclic amines) is 1. The lowest BCUT2D eigenvalue weighted by Crippen LogP contribution is -2.32. The summed E-state index contributed by atoms with van der Waals surface area (Å²) in [5, 5.41) is 13.1. The van der Waals surface area contributed by atoms with Gasteiger partial charge in [-0.2, -0.15) is 14.0 Å². The predicted octanol–water partition coefficient (Wildman–Crippen LogP) is 8.70. The molecule has 0 radical (unpaired) electrons. The summed E-state index contributed by atoms with van der Waals surface area (Å²) in [6, 6.07) is 20.5. The zero-order valence-corrected chi connectivity index (χ0v) is 30.2. The van der Waals surface area contributed by atoms with Crippen LogP contribution >= 0.6 is 0 Å². The molecule has 1 unspecified atom stereocenters. The average molecular weight is 732 g/mol. The quantitative estimate of drug-likeness (QED) is 0.137. The minimum absolute atomic E-state index is 0.149. The highest BCUT2D eigenvalue weighted by Crippen LogP contribution is 2.39. The summed E-state index contributed by atoms with van der Waals surface area (Å²) in [7, 11) is 0. The average Bonchev–Trinajstić information content (AvgIpc) is 3.98. The molecule has 54 heavy (non-hydrogen) atoms. The number of oxazole rings is 2. The third-order valence-corrected chi connectivity index (χ3v) is 10.5. The first-order chi connectivity index (χ1) is 26.1. The first-order valence-electron chi connectivity index (χ1n) is 18.2. The molecule has 10 nitrogen and oxygen atoms in total. The molecule has 6 aromatic rings. The number of nitrogens with one attached hydrogen (secondary N) is 1. The number of aromatic nitrogens is 2. The van der Waals surface area contributed by atoms with Crippen LogP contribution in [0.2, 0.25) is 0 Å². The Hall–Kier alpha value is -5.64. The van der Waals surface area contributed by atoms with Gasteiger partial charge in [-0.25, -0.2) is 9.97 Å². The van der Waals surface area contributed by atoms with Crippen LogP contribution in [-0.4, -0.2) is 53.1 Å². The molecule has 0 bridgehead atoms. The maximum absolute atomic E-state index is 13.4. The maximum atomic E-state index is 13.4. The van der Waals surface area contributed by atoms with Crippen LogP contribution in [-0.2, 0) is 22.7 Å². The monoisotopic (exact) mass is 731 g/mol. The van der Waals surface area contributed by atoms with Gasteiger partial charge in [0.05, 0.1) is 5.56 Å². The molecule has 8 rings (SSSR count). The molecule has 276 valence electrons. The Morgan fingerprint density at radius 1 is 0.981 bits per heavy atom. The zero-order valence-electron chi connectivity index (χ0n) is 30.2. The fourth-order valence-corrected chi connectivity index (χ4v) is 7.69. The molecule has 2 aliphatic heterocycles. The van der Waals surface area contributed by atoms with Crippen LogP contribution in [0.15, 0.2) is 69.5 Å². The van der Waals surface area contributed by atoms with Crippen molar-refractivity contribution in [3.8, 4) is 45.9 Å². The second-order valence-corrected chi connectivity index (χ2v) is 14.3. The number of benzene rings is 4. The first kappa shape index (κ1) is 35.4. The van der Waals surface area contributed by atoms with E-state index in [9.17, 15) is 18.8 Å². The van der Waals surface area contributed by atoms with Gasteiger partial charge in [-0.15, -0.1) is 0 Å². The standard InChI is InChI=1S/C42H39F2N5O5/c1-23-12-14-49(20-23)21-26-15-27(19-45)38-35(16-26)48-40(54-38)32-10-5-8-30(25(32)3)29-7-4-9-31(24(29)2)39-47-34-17-28(22-51-41(50)33-11-6-13-46-33)36(53-42(43)44)18-37(34)52-39/h4-5,7-10,15-18,23,33,42,46H,6,11-14,20-22H2,1-3H3/t23?,33-/m1/s1. The molecule has 2 fully saturated rings. The van der Waals surface area contributed by atoms with Gasteiger partial charge < -0.3 is 23.6 Å². The van der Waals surface area contributed by atoms with Crippen molar-refractivity contribution in [2.45, 2.75) is 65.8 Å². The first-order valence-corrected chi connectivity index (χ1v) is 18.2. The Morgan fingerprint density at radius 2 is 1.69 bits per heavy atom. The van der Waals surface area contributed by atoms with Crippen molar-refractivity contribution in [1.29, 1.82) is 5.26 Å². The van der Waals surface area contributed by atoms with Gasteiger partial charge in [-0.1, -0.05) is 31.2 Å². The van der Waals surface area contributed by atoms with Crippen LogP contribution in [0.5, 0.6) is 5.75 Å². The fraction of sp³-hybridized carbons (Fsp3) is 0.333. The molecular weight excluding hydrogens is 692 g/mol. The van der Waals surface area contributed by atoms with E-state index < -0.39 is 18.6 Å². The van der Waals surface area contributed by atoms with Crippen LogP contribution in [0.3, 0.4) is 0 Å². The molecule has 0 aliphatic carbocycles. The minimum atomic E-state index is -3.09. The topological polar surface area (TPSA) is 127 Å². The smallest absolute Gasteiger partial charge is 0.387 e. The van der Waals surface area contributed by atoms with Crippen LogP contribution in [0, 0.1) is 31.1 Å². The van der Waals surface area contributed by atoms with Gasteiger partial charge in [-0.05, 0) is 110 Å². The number of carbonyl (C=O) groups excluding carboxylic acids is 1. The molecular formula is C42H39F2N5O5. The van der Waals surface area contributed by atoms with Crippen molar-refractivity contribution >= 4 is 28.2 Å². The number of fused-ring (bicyclic) bond motifs is 2. The number of hydrogen-bond acceptors (Lipinski definition) is 10. The van der Waals surface area contributed by atoms with Gasteiger partial charge in [0.1, 0.15) is 35.5 Å². The number of ether oxygens (including phenoxy) is 2. The molecule has 2 aromatic heterocycles.